The maximum absolute atomic E-state index is 12.2. The zero-order valence-corrected chi connectivity index (χ0v) is 12.4. The van der Waals surface area contributed by atoms with E-state index in [1.165, 1.54) is 0 Å². The molecular formula is C13H26N2O4. The number of amides is 2. The molecule has 0 aliphatic rings. The van der Waals surface area contributed by atoms with E-state index >= 15 is 0 Å². The summed E-state index contributed by atoms with van der Waals surface area (Å²) in [6.45, 7) is 6.28. The van der Waals surface area contributed by atoms with Gasteiger partial charge in [-0.15, -0.1) is 0 Å². The number of urea groups is 1. The molecule has 0 heterocycles. The summed E-state index contributed by atoms with van der Waals surface area (Å²) in [5.74, 6) is -0.451. The number of hydrogen-bond acceptors (Lipinski definition) is 3. The lowest BCUT2D eigenvalue weighted by atomic mass is 10.2. The lowest BCUT2D eigenvalue weighted by Crippen LogP contribution is -2.44. The van der Waals surface area contributed by atoms with Crippen molar-refractivity contribution in [3.63, 3.8) is 0 Å². The number of carbonyl (C=O) groups is 2. The van der Waals surface area contributed by atoms with E-state index in [2.05, 4.69) is 13.8 Å². The van der Waals surface area contributed by atoms with E-state index in [1.807, 2.05) is 0 Å². The fourth-order valence-corrected chi connectivity index (χ4v) is 1.71. The Labute approximate surface area is 115 Å². The summed E-state index contributed by atoms with van der Waals surface area (Å²) in [5, 5.41) is 8.58. The minimum absolute atomic E-state index is 0.0730. The van der Waals surface area contributed by atoms with E-state index in [4.69, 9.17) is 9.84 Å². The van der Waals surface area contributed by atoms with Crippen LogP contribution in [0.3, 0.4) is 0 Å². The van der Waals surface area contributed by atoms with Crippen LogP contribution in [0.4, 0.5) is 4.79 Å². The Morgan fingerprint density at radius 3 is 2.37 bits per heavy atom. The predicted octanol–water partition coefficient (Wildman–Crippen LogP) is 1.51. The molecule has 0 radical (unpaired) electrons. The van der Waals surface area contributed by atoms with Gasteiger partial charge in [0.15, 0.2) is 0 Å². The number of rotatable bonds is 9. The third-order valence-electron chi connectivity index (χ3n) is 2.63. The molecule has 0 spiro atoms. The molecular weight excluding hydrogens is 248 g/mol. The van der Waals surface area contributed by atoms with E-state index in [1.54, 1.807) is 24.0 Å². The molecule has 2 amide bonds. The molecule has 0 aromatic rings. The van der Waals surface area contributed by atoms with Crippen molar-refractivity contribution in [2.24, 2.45) is 5.92 Å². The molecule has 6 heteroatoms. The molecule has 1 N–H and O–H groups in total. The van der Waals surface area contributed by atoms with Crippen LogP contribution in [0, 0.1) is 5.92 Å². The molecule has 0 aromatic carbocycles. The van der Waals surface area contributed by atoms with Crippen molar-refractivity contribution in [2.75, 3.05) is 40.4 Å². The summed E-state index contributed by atoms with van der Waals surface area (Å²) in [7, 11) is 3.30. The van der Waals surface area contributed by atoms with Crippen molar-refractivity contribution < 1.29 is 19.4 Å². The highest BCUT2D eigenvalue weighted by Crippen LogP contribution is 2.04. The quantitative estimate of drug-likeness (QED) is 0.692. The normalized spacial score (nSPS) is 10.6. The van der Waals surface area contributed by atoms with Crippen LogP contribution in [0.15, 0.2) is 0 Å². The van der Waals surface area contributed by atoms with Gasteiger partial charge in [-0.1, -0.05) is 13.8 Å². The zero-order valence-electron chi connectivity index (χ0n) is 12.4. The maximum Gasteiger partial charge on any atom is 0.319 e. The van der Waals surface area contributed by atoms with E-state index < -0.39 is 5.97 Å². The SMILES string of the molecule is COCCN(CC(C)C)C(=O)N(C)CCCC(=O)O. The van der Waals surface area contributed by atoms with Crippen LogP contribution in [0.5, 0.6) is 0 Å². The highest BCUT2D eigenvalue weighted by atomic mass is 16.5. The monoisotopic (exact) mass is 274 g/mol. The van der Waals surface area contributed by atoms with Crippen molar-refractivity contribution in [3.05, 3.63) is 0 Å². The van der Waals surface area contributed by atoms with Crippen LogP contribution >= 0.6 is 0 Å². The van der Waals surface area contributed by atoms with E-state index in [9.17, 15) is 9.59 Å². The van der Waals surface area contributed by atoms with Crippen LogP contribution < -0.4 is 0 Å². The van der Waals surface area contributed by atoms with Gasteiger partial charge in [0.2, 0.25) is 0 Å². The number of methoxy groups -OCH3 is 1. The van der Waals surface area contributed by atoms with Gasteiger partial charge in [0, 0.05) is 40.2 Å². The summed E-state index contributed by atoms with van der Waals surface area (Å²) in [4.78, 5) is 26.0. The molecule has 112 valence electrons. The van der Waals surface area contributed by atoms with Gasteiger partial charge in [0.1, 0.15) is 0 Å². The Bertz CT molecular complexity index is 282. The lowest BCUT2D eigenvalue weighted by Gasteiger charge is -2.29. The first-order chi connectivity index (χ1) is 8.88. The van der Waals surface area contributed by atoms with Crippen molar-refractivity contribution in [1.29, 1.82) is 0 Å². The summed E-state index contributed by atoms with van der Waals surface area (Å²) in [5.41, 5.74) is 0. The van der Waals surface area contributed by atoms with Crippen LogP contribution in [-0.2, 0) is 9.53 Å². The first kappa shape index (κ1) is 17.7. The Kier molecular flexibility index (Phi) is 8.95. The van der Waals surface area contributed by atoms with E-state index in [-0.39, 0.29) is 12.5 Å². The highest BCUT2D eigenvalue weighted by Gasteiger charge is 2.18. The second kappa shape index (κ2) is 9.61. The van der Waals surface area contributed by atoms with Crippen LogP contribution in [0.2, 0.25) is 0 Å². The van der Waals surface area contributed by atoms with Gasteiger partial charge in [-0.3, -0.25) is 4.79 Å². The fraction of sp³-hybridized carbons (Fsp3) is 0.846. The summed E-state index contributed by atoms with van der Waals surface area (Å²) in [6, 6.07) is -0.0730. The largest absolute Gasteiger partial charge is 0.481 e. The predicted molar refractivity (Wildman–Crippen MR) is 73.2 cm³/mol. The molecule has 0 aliphatic heterocycles. The second-order valence-electron chi connectivity index (χ2n) is 5.03. The zero-order chi connectivity index (χ0) is 14.8. The summed E-state index contributed by atoms with van der Waals surface area (Å²) < 4.78 is 5.01. The average Bonchev–Trinajstić information content (AvgIpc) is 2.32. The Balaban J connectivity index is 4.29. The van der Waals surface area contributed by atoms with E-state index in [0.29, 0.717) is 38.6 Å². The van der Waals surface area contributed by atoms with Crippen LogP contribution in [0.1, 0.15) is 26.7 Å². The number of aliphatic carboxylic acids is 1. The number of ether oxygens (including phenoxy) is 1. The first-order valence-electron chi connectivity index (χ1n) is 6.59. The van der Waals surface area contributed by atoms with Crippen molar-refractivity contribution in [3.8, 4) is 0 Å². The van der Waals surface area contributed by atoms with Crippen molar-refractivity contribution in [2.45, 2.75) is 26.7 Å². The Morgan fingerprint density at radius 2 is 1.89 bits per heavy atom. The third kappa shape index (κ3) is 8.42. The maximum atomic E-state index is 12.2. The van der Waals surface area contributed by atoms with Gasteiger partial charge in [-0.25, -0.2) is 4.79 Å². The minimum Gasteiger partial charge on any atom is -0.481 e. The van der Waals surface area contributed by atoms with E-state index in [0.717, 1.165) is 0 Å². The number of carbonyl (C=O) groups excluding carboxylic acids is 1. The topological polar surface area (TPSA) is 70.1 Å². The Morgan fingerprint density at radius 1 is 1.26 bits per heavy atom. The molecule has 0 aromatic heterocycles. The number of carboxylic acid groups (broad SMARTS) is 1. The molecule has 0 saturated heterocycles. The van der Waals surface area contributed by atoms with Crippen LogP contribution in [-0.4, -0.2) is 67.3 Å². The average molecular weight is 274 g/mol. The van der Waals surface area contributed by atoms with Crippen molar-refractivity contribution in [1.82, 2.24) is 9.80 Å². The molecule has 0 atom stereocenters. The molecule has 19 heavy (non-hydrogen) atoms. The first-order valence-corrected chi connectivity index (χ1v) is 6.59. The molecule has 0 unspecified atom stereocenters. The van der Waals surface area contributed by atoms with Gasteiger partial charge in [-0.2, -0.15) is 0 Å². The molecule has 0 bridgehead atoms. The molecule has 0 rings (SSSR count). The summed E-state index contributed by atoms with van der Waals surface area (Å²) in [6.07, 6.45) is 0.553. The number of nitrogens with zero attached hydrogens (tertiary/aromatic N) is 2. The van der Waals surface area contributed by atoms with Gasteiger partial charge in [-0.05, 0) is 12.3 Å². The Hall–Kier alpha value is -1.30. The highest BCUT2D eigenvalue weighted by molar-refractivity contribution is 5.74. The lowest BCUT2D eigenvalue weighted by molar-refractivity contribution is -0.137. The summed E-state index contributed by atoms with van der Waals surface area (Å²) >= 11 is 0. The van der Waals surface area contributed by atoms with Gasteiger partial charge in [0.05, 0.1) is 6.61 Å². The smallest absolute Gasteiger partial charge is 0.319 e. The third-order valence-corrected chi connectivity index (χ3v) is 2.63. The molecule has 0 saturated carbocycles. The molecule has 0 aliphatic carbocycles. The number of carboxylic acids is 1. The van der Waals surface area contributed by atoms with Gasteiger partial charge in [0.25, 0.3) is 0 Å². The second-order valence-corrected chi connectivity index (χ2v) is 5.03. The number of hydrogen-bond donors (Lipinski definition) is 1. The fourth-order valence-electron chi connectivity index (χ4n) is 1.71. The van der Waals surface area contributed by atoms with Crippen LogP contribution in [0.25, 0.3) is 0 Å². The van der Waals surface area contributed by atoms with Crippen molar-refractivity contribution >= 4 is 12.0 Å². The van der Waals surface area contributed by atoms with Gasteiger partial charge >= 0.3 is 12.0 Å². The molecule has 6 nitrogen and oxygen atoms in total. The standard InChI is InChI=1S/C13H26N2O4/c1-11(2)10-15(8-9-19-4)13(18)14(3)7-5-6-12(16)17/h11H,5-10H2,1-4H3,(H,16,17). The molecule has 0 fully saturated rings. The van der Waals surface area contributed by atoms with Gasteiger partial charge < -0.3 is 19.6 Å². The minimum atomic E-state index is -0.834.